The van der Waals surface area contributed by atoms with Crippen molar-refractivity contribution in [3.05, 3.63) is 34.4 Å². The first-order chi connectivity index (χ1) is 11.2. The summed E-state index contributed by atoms with van der Waals surface area (Å²) < 4.78 is 5.51. The molecule has 0 bridgehead atoms. The van der Waals surface area contributed by atoms with Gasteiger partial charge in [-0.2, -0.15) is 10.1 Å². The van der Waals surface area contributed by atoms with Crippen LogP contribution in [0.15, 0.2) is 34.6 Å². The molecule has 8 nitrogen and oxygen atoms in total. The van der Waals surface area contributed by atoms with Crippen molar-refractivity contribution in [3.8, 4) is 0 Å². The van der Waals surface area contributed by atoms with Crippen LogP contribution in [0.25, 0.3) is 0 Å². The minimum absolute atomic E-state index is 0.0978. The molecule has 2 atom stereocenters. The fraction of sp³-hybridized carbons (Fsp3) is 0.600. The van der Waals surface area contributed by atoms with Crippen LogP contribution >= 0.6 is 0 Å². The van der Waals surface area contributed by atoms with Gasteiger partial charge < -0.3 is 9.64 Å². The molecular formula is C15H20N5O3+. The van der Waals surface area contributed by atoms with Crippen molar-refractivity contribution in [1.29, 1.82) is 0 Å². The summed E-state index contributed by atoms with van der Waals surface area (Å²) in [6.07, 6.45) is 3.23. The van der Waals surface area contributed by atoms with E-state index in [0.29, 0.717) is 0 Å². The number of hydrogen-bond donors (Lipinski definition) is 1. The number of nitro benzene ring substituents is 1. The maximum Gasteiger partial charge on any atom is 0.269 e. The molecule has 0 spiro atoms. The Balaban J connectivity index is 1.68. The number of benzene rings is 1. The summed E-state index contributed by atoms with van der Waals surface area (Å²) in [5.41, 5.74) is 0.822. The molecule has 4 rings (SSSR count). The Bertz CT molecular complexity index is 629. The Morgan fingerprint density at radius 2 is 2.04 bits per heavy atom. The fourth-order valence-electron chi connectivity index (χ4n) is 4.17. The number of hydrogen-bond acceptors (Lipinski definition) is 6. The molecule has 8 heteroatoms. The lowest BCUT2D eigenvalue weighted by molar-refractivity contribution is -0.958. The van der Waals surface area contributed by atoms with Crippen LogP contribution < -0.4 is 9.91 Å². The van der Waals surface area contributed by atoms with Crippen LogP contribution in [0.5, 0.6) is 0 Å². The first-order valence-electron chi connectivity index (χ1n) is 8.10. The van der Waals surface area contributed by atoms with Gasteiger partial charge >= 0.3 is 0 Å². The molecule has 2 heterocycles. The van der Waals surface area contributed by atoms with E-state index in [1.165, 1.54) is 17.0 Å². The van der Waals surface area contributed by atoms with Crippen LogP contribution in [-0.4, -0.2) is 42.9 Å². The van der Waals surface area contributed by atoms with Crippen molar-refractivity contribution in [2.75, 3.05) is 31.3 Å². The second-order valence-corrected chi connectivity index (χ2v) is 6.34. The van der Waals surface area contributed by atoms with Gasteiger partial charge in [-0.3, -0.25) is 10.1 Å². The summed E-state index contributed by atoms with van der Waals surface area (Å²) in [6.45, 7) is 3.42. The van der Waals surface area contributed by atoms with Gasteiger partial charge in [0.1, 0.15) is 19.1 Å². The predicted octanol–water partition coefficient (Wildman–Crippen LogP) is 0.946. The quantitative estimate of drug-likeness (QED) is 0.664. The number of non-ortho nitro benzene ring substituents is 1. The van der Waals surface area contributed by atoms with E-state index < -0.39 is 0 Å². The highest BCUT2D eigenvalue weighted by Gasteiger charge is 2.60. The smallest absolute Gasteiger partial charge is 0.269 e. The second kappa shape index (κ2) is 5.54. The zero-order chi connectivity index (χ0) is 15.9. The van der Waals surface area contributed by atoms with E-state index in [-0.39, 0.29) is 22.3 Å². The zero-order valence-corrected chi connectivity index (χ0v) is 12.9. The summed E-state index contributed by atoms with van der Waals surface area (Å²) in [6, 6.07) is 6.83. The van der Waals surface area contributed by atoms with Gasteiger partial charge in [-0.1, -0.05) is 5.22 Å². The van der Waals surface area contributed by atoms with E-state index in [1.807, 2.05) is 5.01 Å². The Morgan fingerprint density at radius 3 is 2.74 bits per heavy atom. The van der Waals surface area contributed by atoms with E-state index in [9.17, 15) is 10.1 Å². The van der Waals surface area contributed by atoms with Crippen LogP contribution in [-0.2, 0) is 4.74 Å². The van der Waals surface area contributed by atoms with E-state index in [2.05, 4.69) is 10.3 Å². The topological polar surface area (TPSA) is 84.8 Å². The third kappa shape index (κ3) is 2.21. The number of anilines is 1. The summed E-state index contributed by atoms with van der Waals surface area (Å²) in [5, 5.41) is 21.8. The van der Waals surface area contributed by atoms with Crippen molar-refractivity contribution < 1.29 is 14.6 Å². The monoisotopic (exact) mass is 318 g/mol. The maximum absolute atomic E-state index is 10.9. The van der Waals surface area contributed by atoms with Gasteiger partial charge in [-0.05, 0) is 25.0 Å². The highest BCUT2D eigenvalue weighted by molar-refractivity contribution is 5.52. The van der Waals surface area contributed by atoms with E-state index in [4.69, 9.17) is 4.74 Å². The molecule has 0 amide bonds. The normalized spacial score (nSPS) is 30.6. The molecule has 1 saturated carbocycles. The standard InChI is InChI=1S/C15H19N5O3/c21-20(22)13-5-3-12(4-6-13)19-15(18-8-10-23-11-9-18)7-1-2-14(15)16-17-19/h3-6,14H,1-2,7-11H2/p+1/t14-,15+/m1/s1. The van der Waals surface area contributed by atoms with Crippen molar-refractivity contribution in [1.82, 2.24) is 0 Å². The number of nitrogens with one attached hydrogen (secondary N) is 1. The molecule has 1 aromatic rings. The molecule has 2 fully saturated rings. The summed E-state index contributed by atoms with van der Waals surface area (Å²) in [5.74, 6) is 0. The number of rotatable bonds is 3. The lowest BCUT2D eigenvalue weighted by atomic mass is 10.00. The van der Waals surface area contributed by atoms with E-state index in [1.54, 1.807) is 12.1 Å². The molecule has 1 N–H and O–H groups in total. The molecule has 0 radical (unpaired) electrons. The number of nitro groups is 1. The second-order valence-electron chi connectivity index (χ2n) is 6.34. The Labute approximate surface area is 133 Å². The van der Waals surface area contributed by atoms with Crippen molar-refractivity contribution in [3.63, 3.8) is 0 Å². The molecule has 3 aliphatic rings. The molecule has 2 aliphatic heterocycles. The summed E-state index contributed by atoms with van der Waals surface area (Å²) >= 11 is 0. The Morgan fingerprint density at radius 1 is 1.30 bits per heavy atom. The Hall–Kier alpha value is -2.06. The van der Waals surface area contributed by atoms with Gasteiger partial charge in [0.05, 0.1) is 23.8 Å². The molecule has 0 aromatic heterocycles. The molecule has 122 valence electrons. The first kappa shape index (κ1) is 14.5. The minimum Gasteiger partial charge on any atom is -0.370 e. The van der Waals surface area contributed by atoms with Crippen molar-refractivity contribution >= 4 is 11.4 Å². The molecule has 1 aromatic carbocycles. The lowest BCUT2D eigenvalue weighted by Gasteiger charge is -2.43. The molecule has 1 saturated heterocycles. The number of quaternary nitrogens is 1. The van der Waals surface area contributed by atoms with Crippen LogP contribution in [0.1, 0.15) is 19.3 Å². The summed E-state index contributed by atoms with van der Waals surface area (Å²) in [4.78, 5) is 11.9. The van der Waals surface area contributed by atoms with E-state index in [0.717, 1.165) is 51.3 Å². The Kier molecular flexibility index (Phi) is 3.50. The molecule has 23 heavy (non-hydrogen) atoms. The number of fused-ring (bicyclic) bond motifs is 1. The zero-order valence-electron chi connectivity index (χ0n) is 12.9. The van der Waals surface area contributed by atoms with Crippen LogP contribution in [0.3, 0.4) is 0 Å². The maximum atomic E-state index is 10.9. The molecule has 1 aliphatic carbocycles. The van der Waals surface area contributed by atoms with Gasteiger partial charge in [-0.25, -0.2) is 0 Å². The van der Waals surface area contributed by atoms with Gasteiger partial charge in [0.15, 0.2) is 0 Å². The minimum atomic E-state index is -0.378. The van der Waals surface area contributed by atoms with Crippen LogP contribution in [0.2, 0.25) is 0 Å². The predicted molar refractivity (Wildman–Crippen MR) is 82.3 cm³/mol. The van der Waals surface area contributed by atoms with Crippen molar-refractivity contribution in [2.45, 2.75) is 31.0 Å². The fourth-order valence-corrected chi connectivity index (χ4v) is 4.17. The molecule has 0 unspecified atom stereocenters. The number of ether oxygens (including phenoxy) is 1. The third-order valence-electron chi connectivity index (χ3n) is 5.26. The van der Waals surface area contributed by atoms with E-state index >= 15 is 0 Å². The molecular weight excluding hydrogens is 298 g/mol. The number of morpholine rings is 1. The largest absolute Gasteiger partial charge is 0.370 e. The van der Waals surface area contributed by atoms with Crippen molar-refractivity contribution in [2.24, 2.45) is 10.3 Å². The average molecular weight is 318 g/mol. The van der Waals surface area contributed by atoms with Gasteiger partial charge in [-0.15, -0.1) is 0 Å². The van der Waals surface area contributed by atoms with Gasteiger partial charge in [0, 0.05) is 18.6 Å². The average Bonchev–Trinajstić information content (AvgIpc) is 3.15. The highest BCUT2D eigenvalue weighted by Crippen LogP contribution is 2.41. The van der Waals surface area contributed by atoms with Crippen LogP contribution in [0, 0.1) is 10.1 Å². The van der Waals surface area contributed by atoms with Crippen LogP contribution in [0.4, 0.5) is 11.4 Å². The van der Waals surface area contributed by atoms with Gasteiger partial charge in [0.25, 0.3) is 5.69 Å². The lowest BCUT2D eigenvalue weighted by Crippen LogP contribution is -3.24. The van der Waals surface area contributed by atoms with Gasteiger partial charge in [0.2, 0.25) is 5.66 Å². The summed E-state index contributed by atoms with van der Waals surface area (Å²) in [7, 11) is 0. The SMILES string of the molecule is O=[N+]([O-])c1ccc(N2N=N[C@@H]3CCC[C@@]32[NH+]2CCOCC2)cc1. The number of nitrogens with zero attached hydrogens (tertiary/aromatic N) is 4. The highest BCUT2D eigenvalue weighted by atomic mass is 16.6. The first-order valence-corrected chi connectivity index (χ1v) is 8.10. The third-order valence-corrected chi connectivity index (χ3v) is 5.26.